The molecule has 0 radical (unpaired) electrons. The van der Waals surface area contributed by atoms with Gasteiger partial charge in [0.25, 0.3) is 0 Å². The van der Waals surface area contributed by atoms with E-state index in [9.17, 15) is 9.59 Å². The van der Waals surface area contributed by atoms with Gasteiger partial charge in [-0.15, -0.1) is 10.2 Å². The van der Waals surface area contributed by atoms with Crippen LogP contribution in [0.25, 0.3) is 0 Å². The van der Waals surface area contributed by atoms with Gasteiger partial charge >= 0.3 is 12.0 Å². The van der Waals surface area contributed by atoms with Gasteiger partial charge in [-0.25, -0.2) is 4.79 Å². The summed E-state index contributed by atoms with van der Waals surface area (Å²) in [5.74, 6) is -0.572. The number of aromatic nitrogens is 4. The highest BCUT2D eigenvalue weighted by molar-refractivity contribution is 5.75. The molecule has 18 heavy (non-hydrogen) atoms. The number of rotatable bonds is 6. The van der Waals surface area contributed by atoms with Crippen LogP contribution in [0.4, 0.5) is 4.79 Å². The van der Waals surface area contributed by atoms with E-state index in [-0.39, 0.29) is 31.6 Å². The summed E-state index contributed by atoms with van der Waals surface area (Å²) < 4.78 is 0. The largest absolute Gasteiger partial charge is 0.481 e. The molecule has 0 aliphatic rings. The molecule has 0 saturated heterocycles. The third-order valence-electron chi connectivity index (χ3n) is 2.24. The van der Waals surface area contributed by atoms with Crippen molar-refractivity contribution in [2.24, 2.45) is 0 Å². The third kappa shape index (κ3) is 4.36. The highest BCUT2D eigenvalue weighted by atomic mass is 16.4. The SMILES string of the molecule is CC(C)N(CCC(=O)O)C(=O)NCc1nn[nH]n1. The van der Waals surface area contributed by atoms with Gasteiger partial charge in [0.1, 0.15) is 0 Å². The molecule has 0 aliphatic carbocycles. The van der Waals surface area contributed by atoms with E-state index >= 15 is 0 Å². The number of tetrazole rings is 1. The Morgan fingerprint density at radius 3 is 2.72 bits per heavy atom. The zero-order valence-electron chi connectivity index (χ0n) is 10.3. The van der Waals surface area contributed by atoms with Gasteiger partial charge in [-0.1, -0.05) is 5.21 Å². The molecule has 0 spiro atoms. The predicted molar refractivity (Wildman–Crippen MR) is 60.5 cm³/mol. The second-order valence-corrected chi connectivity index (χ2v) is 3.92. The molecule has 0 atom stereocenters. The van der Waals surface area contributed by atoms with Crippen LogP contribution < -0.4 is 5.32 Å². The maximum absolute atomic E-state index is 11.8. The van der Waals surface area contributed by atoms with E-state index < -0.39 is 5.97 Å². The van der Waals surface area contributed by atoms with Gasteiger partial charge in [-0.2, -0.15) is 5.21 Å². The molecule has 0 unspecified atom stereocenters. The van der Waals surface area contributed by atoms with Crippen LogP contribution in [0.2, 0.25) is 0 Å². The number of carboxylic acids is 1. The number of amides is 2. The second-order valence-electron chi connectivity index (χ2n) is 3.92. The maximum atomic E-state index is 11.8. The molecule has 1 heterocycles. The zero-order valence-corrected chi connectivity index (χ0v) is 10.3. The lowest BCUT2D eigenvalue weighted by Crippen LogP contribution is -2.44. The first-order chi connectivity index (χ1) is 8.50. The van der Waals surface area contributed by atoms with Gasteiger partial charge in [0.05, 0.1) is 13.0 Å². The monoisotopic (exact) mass is 256 g/mol. The summed E-state index contributed by atoms with van der Waals surface area (Å²) in [4.78, 5) is 23.8. The number of nitrogens with zero attached hydrogens (tertiary/aromatic N) is 4. The molecule has 0 saturated carbocycles. The molecule has 0 aliphatic heterocycles. The summed E-state index contributed by atoms with van der Waals surface area (Å²) in [6, 6.07) is -0.439. The third-order valence-corrected chi connectivity index (χ3v) is 2.24. The Morgan fingerprint density at radius 2 is 2.22 bits per heavy atom. The summed E-state index contributed by atoms with van der Waals surface area (Å²) in [5.41, 5.74) is 0. The number of carboxylic acid groups (broad SMARTS) is 1. The Balaban J connectivity index is 2.46. The first-order valence-electron chi connectivity index (χ1n) is 5.49. The molecule has 1 aromatic heterocycles. The van der Waals surface area contributed by atoms with Crippen molar-refractivity contribution in [1.82, 2.24) is 30.8 Å². The second kappa shape index (κ2) is 6.52. The van der Waals surface area contributed by atoms with Gasteiger partial charge in [-0.3, -0.25) is 4.79 Å². The quantitative estimate of drug-likeness (QED) is 0.635. The van der Waals surface area contributed by atoms with Crippen molar-refractivity contribution >= 4 is 12.0 Å². The van der Waals surface area contributed by atoms with E-state index in [0.29, 0.717) is 5.82 Å². The van der Waals surface area contributed by atoms with E-state index in [4.69, 9.17) is 5.11 Å². The van der Waals surface area contributed by atoms with E-state index in [1.165, 1.54) is 4.90 Å². The number of H-pyrrole nitrogens is 1. The number of carbonyl (C=O) groups excluding carboxylic acids is 1. The van der Waals surface area contributed by atoms with Crippen LogP contribution in [0, 0.1) is 0 Å². The van der Waals surface area contributed by atoms with Crippen LogP contribution in [-0.2, 0) is 11.3 Å². The fraction of sp³-hybridized carbons (Fsp3) is 0.667. The van der Waals surface area contributed by atoms with E-state index in [2.05, 4.69) is 25.9 Å². The summed E-state index contributed by atoms with van der Waals surface area (Å²) in [6.45, 7) is 3.93. The fourth-order valence-corrected chi connectivity index (χ4v) is 1.32. The molecular weight excluding hydrogens is 240 g/mol. The normalized spacial score (nSPS) is 10.4. The number of aromatic amines is 1. The molecule has 100 valence electrons. The Morgan fingerprint density at radius 1 is 1.50 bits per heavy atom. The number of hydrogen-bond donors (Lipinski definition) is 3. The van der Waals surface area contributed by atoms with Crippen molar-refractivity contribution in [3.8, 4) is 0 Å². The van der Waals surface area contributed by atoms with Crippen LogP contribution in [0.15, 0.2) is 0 Å². The topological polar surface area (TPSA) is 124 Å². The molecule has 9 nitrogen and oxygen atoms in total. The Bertz CT molecular complexity index is 391. The van der Waals surface area contributed by atoms with E-state index in [1.807, 2.05) is 13.8 Å². The molecule has 1 aromatic rings. The lowest BCUT2D eigenvalue weighted by Gasteiger charge is -2.26. The van der Waals surface area contributed by atoms with Crippen molar-refractivity contribution < 1.29 is 14.7 Å². The van der Waals surface area contributed by atoms with Crippen LogP contribution in [0.3, 0.4) is 0 Å². The minimum atomic E-state index is -0.938. The highest BCUT2D eigenvalue weighted by Gasteiger charge is 2.17. The molecule has 0 aromatic carbocycles. The smallest absolute Gasteiger partial charge is 0.318 e. The van der Waals surface area contributed by atoms with Crippen LogP contribution in [-0.4, -0.2) is 55.2 Å². The van der Waals surface area contributed by atoms with Crippen molar-refractivity contribution in [2.45, 2.75) is 32.9 Å². The summed E-state index contributed by atoms with van der Waals surface area (Å²) in [7, 11) is 0. The van der Waals surface area contributed by atoms with E-state index in [1.54, 1.807) is 0 Å². The van der Waals surface area contributed by atoms with Gasteiger partial charge in [-0.05, 0) is 13.8 Å². The summed E-state index contributed by atoms with van der Waals surface area (Å²) in [5, 5.41) is 24.2. The van der Waals surface area contributed by atoms with Crippen LogP contribution in [0.1, 0.15) is 26.1 Å². The Labute approximate surface area is 104 Å². The van der Waals surface area contributed by atoms with Crippen molar-refractivity contribution in [3.63, 3.8) is 0 Å². The highest BCUT2D eigenvalue weighted by Crippen LogP contribution is 2.01. The average molecular weight is 256 g/mol. The number of hydrogen-bond acceptors (Lipinski definition) is 5. The van der Waals surface area contributed by atoms with E-state index in [0.717, 1.165) is 0 Å². The molecule has 1 rings (SSSR count). The summed E-state index contributed by atoms with van der Waals surface area (Å²) >= 11 is 0. The van der Waals surface area contributed by atoms with Gasteiger partial charge in [0.2, 0.25) is 0 Å². The van der Waals surface area contributed by atoms with Crippen LogP contribution >= 0.6 is 0 Å². The van der Waals surface area contributed by atoms with Crippen LogP contribution in [0.5, 0.6) is 0 Å². The van der Waals surface area contributed by atoms with Crippen molar-refractivity contribution in [2.75, 3.05) is 6.54 Å². The molecule has 2 amide bonds. The predicted octanol–water partition coefficient (Wildman–Crippen LogP) is -0.406. The number of aliphatic carboxylic acids is 1. The molecule has 9 heteroatoms. The lowest BCUT2D eigenvalue weighted by atomic mass is 10.3. The average Bonchev–Trinajstić information content (AvgIpc) is 2.78. The Hall–Kier alpha value is -2.19. The molecule has 0 fully saturated rings. The van der Waals surface area contributed by atoms with Gasteiger partial charge in [0.15, 0.2) is 5.82 Å². The first kappa shape index (κ1) is 13.9. The minimum absolute atomic E-state index is 0.0883. The lowest BCUT2D eigenvalue weighted by molar-refractivity contribution is -0.137. The first-order valence-corrected chi connectivity index (χ1v) is 5.49. The Kier molecular flexibility index (Phi) is 5.03. The molecule has 0 bridgehead atoms. The fourth-order valence-electron chi connectivity index (χ4n) is 1.32. The number of nitrogens with one attached hydrogen (secondary N) is 2. The van der Waals surface area contributed by atoms with Crippen molar-refractivity contribution in [3.05, 3.63) is 5.82 Å². The van der Waals surface area contributed by atoms with Gasteiger partial charge in [0, 0.05) is 12.6 Å². The standard InChI is InChI=1S/C9H16N6O3/c1-6(2)15(4-3-8(16)17)9(18)10-5-7-11-13-14-12-7/h6H,3-5H2,1-2H3,(H,10,18)(H,16,17)(H,11,12,13,14). The zero-order chi connectivity index (χ0) is 13.5. The molecular formula is C9H16N6O3. The van der Waals surface area contributed by atoms with Gasteiger partial charge < -0.3 is 15.3 Å². The molecule has 3 N–H and O–H groups in total. The minimum Gasteiger partial charge on any atom is -0.481 e. The number of urea groups is 1. The number of carbonyl (C=O) groups is 2. The maximum Gasteiger partial charge on any atom is 0.318 e. The van der Waals surface area contributed by atoms with Crippen molar-refractivity contribution in [1.29, 1.82) is 0 Å². The summed E-state index contributed by atoms with van der Waals surface area (Å²) in [6.07, 6.45) is -0.0895.